The van der Waals surface area contributed by atoms with Crippen LogP contribution in [0.3, 0.4) is 0 Å². The smallest absolute Gasteiger partial charge is 0.305 e. The number of aromatic amines is 1. The van der Waals surface area contributed by atoms with Gasteiger partial charge in [0.05, 0.1) is 45.6 Å². The number of aliphatic carboxylic acids is 2. The van der Waals surface area contributed by atoms with Gasteiger partial charge in [-0.1, -0.05) is 32.0 Å². The summed E-state index contributed by atoms with van der Waals surface area (Å²) in [7, 11) is 0. The van der Waals surface area contributed by atoms with Crippen molar-refractivity contribution >= 4 is 100 Å². The number of benzene rings is 1. The van der Waals surface area contributed by atoms with Crippen molar-refractivity contribution in [2.45, 2.75) is 102 Å². The van der Waals surface area contributed by atoms with Gasteiger partial charge in [-0.05, 0) is 44.2 Å². The first-order valence-electron chi connectivity index (χ1n) is 24.1. The highest BCUT2D eigenvalue weighted by atomic mass is 16.4. The maximum absolute atomic E-state index is 14.1. The molecule has 7 atom stereocenters. The van der Waals surface area contributed by atoms with E-state index >= 15 is 0 Å². The lowest BCUT2D eigenvalue weighted by Gasteiger charge is -2.27. The lowest BCUT2D eigenvalue weighted by atomic mass is 10.00. The molecule has 0 fully saturated rings. The SMILES string of the molecule is CC(C)[C@H](NC(=O)[C@H](Cc1c[nH]c2ccccc12)NC(=O)[C@H](C)NC(=O)CNC(=O)[C@H](CC(=O)O)NC(=O)CNC(=O)[C@H](CC(=O)O)NC(=O)CN)C(=O)N[C@@H](C)C(=O)NCC(=O)N[C@@H](CCCN=C(N)N)C(=O)NCC=O. The van der Waals surface area contributed by atoms with Gasteiger partial charge in [-0.15, -0.1) is 0 Å². The number of para-hydroxylation sites is 1. The van der Waals surface area contributed by atoms with Gasteiger partial charge in [-0.3, -0.25) is 67.3 Å². The summed E-state index contributed by atoms with van der Waals surface area (Å²) in [6.07, 6.45) is 0.353. The number of guanidine groups is 1. The second-order valence-electron chi connectivity index (χ2n) is 17.6. The Kier molecular flexibility index (Phi) is 27.4. The molecule has 0 unspecified atom stereocenters. The number of nitrogens with one attached hydrogen (secondary N) is 12. The molecule has 0 saturated carbocycles. The summed E-state index contributed by atoms with van der Waals surface area (Å²) in [6.45, 7) is 2.58. The average Bonchev–Trinajstić information content (AvgIpc) is 3.79. The number of nitrogens with zero attached hydrogens (tertiary/aromatic N) is 1. The predicted molar refractivity (Wildman–Crippen MR) is 273 cm³/mol. The van der Waals surface area contributed by atoms with Crippen LogP contribution in [0.15, 0.2) is 35.5 Å². The summed E-state index contributed by atoms with van der Waals surface area (Å²) >= 11 is 0. The van der Waals surface area contributed by atoms with Crippen molar-refractivity contribution in [3.8, 4) is 0 Å². The number of hydrogen-bond acceptors (Lipinski definition) is 16. The van der Waals surface area contributed by atoms with Crippen LogP contribution >= 0.6 is 0 Å². The number of aliphatic imine (C=N–C) groups is 1. The van der Waals surface area contributed by atoms with Crippen LogP contribution in [-0.2, 0) is 73.5 Å². The molecule has 0 saturated heterocycles. The molecule has 0 aliphatic carbocycles. The van der Waals surface area contributed by atoms with Crippen molar-refractivity contribution in [3.05, 3.63) is 36.0 Å². The van der Waals surface area contributed by atoms with E-state index in [-0.39, 0.29) is 38.3 Å². The predicted octanol–water partition coefficient (Wildman–Crippen LogP) is -7.57. The minimum atomic E-state index is -1.82. The van der Waals surface area contributed by atoms with E-state index in [9.17, 15) is 72.2 Å². The zero-order valence-corrected chi connectivity index (χ0v) is 43.2. The fraction of sp³-hybridized carbons (Fsp3) is 0.500. The monoisotopic (exact) mass is 1100 g/mol. The van der Waals surface area contributed by atoms with Crippen LogP contribution < -0.4 is 75.7 Å². The molecule has 32 heteroatoms. The Hall–Kier alpha value is -9.23. The molecule has 0 spiro atoms. The van der Waals surface area contributed by atoms with Crippen LogP contribution in [0.25, 0.3) is 10.9 Å². The number of H-pyrrole nitrogens is 1. The van der Waals surface area contributed by atoms with Crippen LogP contribution in [0.5, 0.6) is 0 Å². The normalized spacial score (nSPS) is 13.4. The van der Waals surface area contributed by atoms with E-state index < -0.39 is 164 Å². The Morgan fingerprint density at radius 3 is 1.64 bits per heavy atom. The van der Waals surface area contributed by atoms with Crippen molar-refractivity contribution in [1.29, 1.82) is 0 Å². The zero-order valence-electron chi connectivity index (χ0n) is 43.2. The number of carbonyl (C=O) groups is 14. The Bertz CT molecular complexity index is 2550. The number of aldehydes is 1. The summed E-state index contributed by atoms with van der Waals surface area (Å²) in [5, 5.41) is 44.5. The van der Waals surface area contributed by atoms with E-state index in [2.05, 4.69) is 68.5 Å². The van der Waals surface area contributed by atoms with Crippen LogP contribution in [-0.4, -0.2) is 186 Å². The highest BCUT2D eigenvalue weighted by Crippen LogP contribution is 2.19. The third kappa shape index (κ3) is 23.5. The number of fused-ring (bicyclic) bond motifs is 1. The Labute approximate surface area is 445 Å². The highest BCUT2D eigenvalue weighted by molar-refractivity contribution is 5.99. The molecule has 1 aromatic carbocycles. The number of carbonyl (C=O) groups excluding carboxylic acids is 12. The van der Waals surface area contributed by atoms with Crippen molar-refractivity contribution < 1.29 is 77.3 Å². The van der Waals surface area contributed by atoms with Gasteiger partial charge < -0.3 is 95.7 Å². The molecule has 11 amide bonds. The zero-order chi connectivity index (χ0) is 58.6. The Balaban J connectivity index is 2.14. The summed E-state index contributed by atoms with van der Waals surface area (Å²) in [6, 6.07) is -2.95. The van der Waals surface area contributed by atoms with Crippen LogP contribution in [0.4, 0.5) is 0 Å². The molecule has 1 aromatic heterocycles. The molecule has 428 valence electrons. The Morgan fingerprint density at radius 1 is 0.590 bits per heavy atom. The van der Waals surface area contributed by atoms with E-state index in [1.54, 1.807) is 44.3 Å². The lowest BCUT2D eigenvalue weighted by Crippen LogP contribution is -2.59. The topological polar surface area (TPSA) is 518 Å². The third-order valence-electron chi connectivity index (χ3n) is 11.0. The van der Waals surface area contributed by atoms with E-state index in [4.69, 9.17) is 22.3 Å². The fourth-order valence-electron chi connectivity index (χ4n) is 6.99. The third-order valence-corrected chi connectivity index (χ3v) is 11.0. The van der Waals surface area contributed by atoms with Gasteiger partial charge in [-0.2, -0.15) is 0 Å². The average molecular weight is 1100 g/mol. The molecule has 0 aliphatic rings. The van der Waals surface area contributed by atoms with Crippen molar-refractivity contribution in [2.24, 2.45) is 28.1 Å². The van der Waals surface area contributed by atoms with E-state index in [1.807, 2.05) is 0 Å². The molecule has 0 aliphatic heterocycles. The molecule has 20 N–H and O–H groups in total. The molecule has 2 rings (SSSR count). The number of carboxylic acids is 2. The van der Waals surface area contributed by atoms with Gasteiger partial charge >= 0.3 is 11.9 Å². The van der Waals surface area contributed by atoms with Gasteiger partial charge in [0.25, 0.3) is 0 Å². The first kappa shape index (κ1) is 64.9. The lowest BCUT2D eigenvalue weighted by molar-refractivity contribution is -0.141. The standard InChI is InChI=1S/C46H68N16O16/c1-22(2)38(45(78)57-23(3)39(72)53-20-34(66)58-28(41(74)50-12-13-63)10-7-11-51-46(48)49)62-44(77)29(14-25-18-52-27-9-6-5-8-26(25)27)61-40(73)24(4)56-33(65)19-54-43(76)31(16-37(70)71)60-35(67)21-55-42(75)30(15-36(68)69)59-32(64)17-47/h5-6,8-9,13,18,22-24,28-31,38,52H,7,10-12,14-17,19-21,47H2,1-4H3,(H,50,74)(H,53,72)(H,54,76)(H,55,75)(H,56,65)(H,57,78)(H,58,66)(H,59,64)(H,60,67)(H,61,73)(H,62,77)(H,68,69)(H,70,71)(H4,48,49,51)/t23-,24-,28-,29-,30-,31-,38-/m0/s1. The molecular weight excluding hydrogens is 1030 g/mol. The summed E-state index contributed by atoms with van der Waals surface area (Å²) < 4.78 is 0. The van der Waals surface area contributed by atoms with Gasteiger partial charge in [0, 0.05) is 30.1 Å². The molecule has 32 nitrogen and oxygen atoms in total. The van der Waals surface area contributed by atoms with E-state index in [1.165, 1.54) is 13.8 Å². The van der Waals surface area contributed by atoms with E-state index in [0.717, 1.165) is 0 Å². The minimum absolute atomic E-state index is 0.0720. The second-order valence-corrected chi connectivity index (χ2v) is 17.6. The Morgan fingerprint density at radius 2 is 1.10 bits per heavy atom. The van der Waals surface area contributed by atoms with Gasteiger partial charge in [0.2, 0.25) is 65.0 Å². The first-order chi connectivity index (χ1) is 36.8. The van der Waals surface area contributed by atoms with E-state index in [0.29, 0.717) is 22.8 Å². The maximum Gasteiger partial charge on any atom is 0.305 e. The fourth-order valence-corrected chi connectivity index (χ4v) is 6.99. The number of rotatable bonds is 34. The minimum Gasteiger partial charge on any atom is -0.481 e. The number of nitrogens with two attached hydrogens (primary N) is 3. The van der Waals surface area contributed by atoms with Crippen LogP contribution in [0.2, 0.25) is 0 Å². The molecular formula is C46H68N16O16. The molecule has 78 heavy (non-hydrogen) atoms. The summed E-state index contributed by atoms with van der Waals surface area (Å²) in [5.74, 6) is -14.0. The largest absolute Gasteiger partial charge is 0.481 e. The maximum atomic E-state index is 14.1. The van der Waals surface area contributed by atoms with Crippen molar-refractivity contribution in [1.82, 2.24) is 63.5 Å². The molecule has 1 heterocycles. The quantitative estimate of drug-likeness (QED) is 0.0134. The molecule has 0 bridgehead atoms. The van der Waals surface area contributed by atoms with Gasteiger partial charge in [0.15, 0.2) is 5.96 Å². The highest BCUT2D eigenvalue weighted by Gasteiger charge is 2.33. The number of hydrogen-bond donors (Lipinski definition) is 17. The molecule has 2 aromatic rings. The first-order valence-corrected chi connectivity index (χ1v) is 24.1. The van der Waals surface area contributed by atoms with Gasteiger partial charge in [-0.25, -0.2) is 0 Å². The van der Waals surface area contributed by atoms with Crippen molar-refractivity contribution in [3.63, 3.8) is 0 Å². The van der Waals surface area contributed by atoms with Crippen LogP contribution in [0, 0.1) is 5.92 Å². The summed E-state index contributed by atoms with van der Waals surface area (Å²) in [5.41, 5.74) is 17.1. The van der Waals surface area contributed by atoms with Crippen molar-refractivity contribution in [2.75, 3.05) is 39.3 Å². The number of amides is 11. The van der Waals surface area contributed by atoms with Crippen LogP contribution in [0.1, 0.15) is 58.9 Å². The molecule has 0 radical (unpaired) electrons. The number of carboxylic acid groups (broad SMARTS) is 2. The summed E-state index contributed by atoms with van der Waals surface area (Å²) in [4.78, 5) is 183. The second kappa shape index (κ2) is 32.9. The van der Waals surface area contributed by atoms with Gasteiger partial charge in [0.1, 0.15) is 48.6 Å². The number of aromatic nitrogens is 1.